The lowest BCUT2D eigenvalue weighted by Crippen LogP contribution is -2.28. The first kappa shape index (κ1) is 21.2. The van der Waals surface area contributed by atoms with Gasteiger partial charge in [0, 0.05) is 45.3 Å². The molecule has 0 aliphatic carbocycles. The van der Waals surface area contributed by atoms with Gasteiger partial charge in [0.15, 0.2) is 5.43 Å². The Labute approximate surface area is 186 Å². The number of rotatable bonds is 8. The summed E-state index contributed by atoms with van der Waals surface area (Å²) in [5.74, 6) is 0. The summed E-state index contributed by atoms with van der Waals surface area (Å²) in [5, 5.41) is 5.03. The Kier molecular flexibility index (Phi) is 6.75. The van der Waals surface area contributed by atoms with E-state index < -0.39 is 0 Å². The lowest BCUT2D eigenvalue weighted by molar-refractivity contribution is 0.316. The molecule has 4 rings (SSSR count). The fraction of sp³-hybridized carbons (Fsp3) is 0.231. The maximum Gasteiger partial charge on any atom is 0.197 e. The van der Waals surface area contributed by atoms with Gasteiger partial charge in [-0.15, -0.1) is 11.3 Å². The summed E-state index contributed by atoms with van der Waals surface area (Å²) in [6.07, 6.45) is 1.86. The zero-order valence-electron chi connectivity index (χ0n) is 18.0. The van der Waals surface area contributed by atoms with Gasteiger partial charge in [-0.25, -0.2) is 0 Å². The number of para-hydroxylation sites is 1. The molecule has 4 nitrogen and oxygen atoms in total. The molecule has 158 valence electrons. The molecule has 0 aliphatic heterocycles. The van der Waals surface area contributed by atoms with Gasteiger partial charge >= 0.3 is 0 Å². The van der Waals surface area contributed by atoms with Crippen molar-refractivity contribution in [3.63, 3.8) is 0 Å². The highest BCUT2D eigenvalue weighted by Crippen LogP contribution is 2.31. The predicted octanol–water partition coefficient (Wildman–Crippen LogP) is 5.92. The lowest BCUT2D eigenvalue weighted by atomic mass is 10.1. The summed E-state index contributed by atoms with van der Waals surface area (Å²) in [5.41, 5.74) is 2.82. The Morgan fingerprint density at radius 3 is 2.48 bits per heavy atom. The molecule has 0 atom stereocenters. The average molecular weight is 430 g/mol. The van der Waals surface area contributed by atoms with Crippen molar-refractivity contribution in [2.45, 2.75) is 13.8 Å². The molecule has 1 heterocycles. The molecule has 0 unspecified atom stereocenters. The minimum atomic E-state index is 0.0738. The van der Waals surface area contributed by atoms with E-state index in [1.54, 1.807) is 11.3 Å². The number of likely N-dealkylation sites (N-methyl/N-ethyl adjacent to an activating group) is 1. The third-order valence-electron chi connectivity index (χ3n) is 5.51. The van der Waals surface area contributed by atoms with Crippen molar-refractivity contribution in [3.05, 3.63) is 82.5 Å². The summed E-state index contributed by atoms with van der Waals surface area (Å²) >= 11 is 1.65. The first-order chi connectivity index (χ1) is 15.2. The number of benzene rings is 3. The predicted molar refractivity (Wildman–Crippen MR) is 136 cm³/mol. The van der Waals surface area contributed by atoms with Gasteiger partial charge in [-0.1, -0.05) is 44.2 Å². The van der Waals surface area contributed by atoms with E-state index in [4.69, 9.17) is 0 Å². The summed E-state index contributed by atoms with van der Waals surface area (Å²) < 4.78 is 1.96. The van der Waals surface area contributed by atoms with E-state index >= 15 is 0 Å². The summed E-state index contributed by atoms with van der Waals surface area (Å²) in [6.45, 7) is 8.12. The minimum Gasteiger partial charge on any atom is -0.383 e. The van der Waals surface area contributed by atoms with Crippen LogP contribution >= 0.6 is 11.3 Å². The second kappa shape index (κ2) is 9.86. The Morgan fingerprint density at radius 1 is 0.968 bits per heavy atom. The van der Waals surface area contributed by atoms with Crippen LogP contribution in [0.25, 0.3) is 20.2 Å². The van der Waals surface area contributed by atoms with Crippen LogP contribution in [0.15, 0.2) is 76.5 Å². The zero-order chi connectivity index (χ0) is 21.6. The Balaban J connectivity index is 1.79. The second-order valence-electron chi connectivity index (χ2n) is 7.38. The van der Waals surface area contributed by atoms with Crippen molar-refractivity contribution in [3.8, 4) is 0 Å². The number of nitrogens with zero attached hydrogens (tertiary/aromatic N) is 2. The topological polar surface area (TPSA) is 44.7 Å². The normalized spacial score (nSPS) is 11.7. The van der Waals surface area contributed by atoms with Gasteiger partial charge in [-0.3, -0.25) is 9.79 Å². The van der Waals surface area contributed by atoms with Gasteiger partial charge in [-0.2, -0.15) is 0 Å². The highest BCUT2D eigenvalue weighted by atomic mass is 32.1. The van der Waals surface area contributed by atoms with Crippen molar-refractivity contribution < 1.29 is 0 Å². The maximum absolute atomic E-state index is 13.5. The van der Waals surface area contributed by atoms with Crippen LogP contribution in [-0.4, -0.2) is 37.3 Å². The number of hydrogen-bond donors (Lipinski definition) is 1. The fourth-order valence-electron chi connectivity index (χ4n) is 3.72. The van der Waals surface area contributed by atoms with Crippen LogP contribution in [0.1, 0.15) is 19.4 Å². The molecule has 1 N–H and O–H groups in total. The molecule has 1 aromatic heterocycles. The van der Waals surface area contributed by atoms with E-state index in [0.29, 0.717) is 0 Å². The first-order valence-corrected chi connectivity index (χ1v) is 11.6. The first-order valence-electron chi connectivity index (χ1n) is 10.7. The molecule has 4 aromatic rings. The van der Waals surface area contributed by atoms with E-state index in [0.717, 1.165) is 63.3 Å². The molecule has 0 radical (unpaired) electrons. The van der Waals surface area contributed by atoms with E-state index in [-0.39, 0.29) is 5.43 Å². The van der Waals surface area contributed by atoms with Crippen molar-refractivity contribution in [2.24, 2.45) is 4.99 Å². The van der Waals surface area contributed by atoms with Gasteiger partial charge in [0.2, 0.25) is 0 Å². The van der Waals surface area contributed by atoms with Gasteiger partial charge in [0.05, 0.1) is 11.1 Å². The third kappa shape index (κ3) is 4.68. The molecule has 0 bridgehead atoms. The number of fused-ring (bicyclic) bond motifs is 2. The number of hydrogen-bond acceptors (Lipinski definition) is 5. The highest BCUT2D eigenvalue weighted by molar-refractivity contribution is 7.25. The molecular formula is C26H27N3OS. The average Bonchev–Trinajstić information content (AvgIpc) is 2.82. The number of aliphatic imine (C=N–C) groups is 1. The Morgan fingerprint density at radius 2 is 1.71 bits per heavy atom. The smallest absolute Gasteiger partial charge is 0.197 e. The van der Waals surface area contributed by atoms with Crippen LogP contribution in [0.4, 0.5) is 11.4 Å². The molecule has 0 saturated carbocycles. The molecule has 0 spiro atoms. The molecular weight excluding hydrogens is 402 g/mol. The van der Waals surface area contributed by atoms with Crippen LogP contribution in [0.5, 0.6) is 0 Å². The summed E-state index contributed by atoms with van der Waals surface area (Å²) in [4.78, 5) is 20.4. The molecule has 3 aromatic carbocycles. The molecule has 0 amide bonds. The third-order valence-corrected chi connectivity index (χ3v) is 6.73. The van der Waals surface area contributed by atoms with Crippen LogP contribution in [0.2, 0.25) is 0 Å². The van der Waals surface area contributed by atoms with Crippen LogP contribution in [0, 0.1) is 0 Å². The SMILES string of the molecule is CCN(CC)CCNc1ccc(C=Nc2ccccc2)c2sc3ccccc3c(=O)c12. The lowest BCUT2D eigenvalue weighted by Gasteiger charge is -2.19. The second-order valence-corrected chi connectivity index (χ2v) is 8.43. The van der Waals surface area contributed by atoms with Gasteiger partial charge in [0.25, 0.3) is 0 Å². The summed E-state index contributed by atoms with van der Waals surface area (Å²) in [7, 11) is 0. The van der Waals surface area contributed by atoms with E-state index in [1.807, 2.05) is 66.9 Å². The molecule has 0 saturated heterocycles. The largest absolute Gasteiger partial charge is 0.383 e. The van der Waals surface area contributed by atoms with Crippen LogP contribution in [-0.2, 0) is 0 Å². The van der Waals surface area contributed by atoms with E-state index in [9.17, 15) is 4.79 Å². The highest BCUT2D eigenvalue weighted by Gasteiger charge is 2.13. The van der Waals surface area contributed by atoms with Gasteiger partial charge in [-0.05, 0) is 49.5 Å². The quantitative estimate of drug-likeness (QED) is 0.279. The van der Waals surface area contributed by atoms with Crippen molar-refractivity contribution in [2.75, 3.05) is 31.5 Å². The van der Waals surface area contributed by atoms with Crippen molar-refractivity contribution in [1.82, 2.24) is 4.90 Å². The van der Waals surface area contributed by atoms with Gasteiger partial charge in [0.1, 0.15) is 0 Å². The maximum atomic E-state index is 13.5. The van der Waals surface area contributed by atoms with Crippen LogP contribution < -0.4 is 10.7 Å². The molecule has 5 heteroatoms. The minimum absolute atomic E-state index is 0.0738. The zero-order valence-corrected chi connectivity index (χ0v) is 18.8. The van der Waals surface area contributed by atoms with E-state index in [2.05, 4.69) is 35.1 Å². The Hall–Kier alpha value is -3.02. The van der Waals surface area contributed by atoms with Crippen molar-refractivity contribution in [1.29, 1.82) is 0 Å². The standard InChI is InChI=1S/C26H27N3OS/c1-3-29(4-2)17-16-27-22-15-14-19(18-28-20-10-6-5-7-11-20)26-24(22)25(30)21-12-8-9-13-23(21)31-26/h5-15,18,27H,3-4,16-17H2,1-2H3. The molecule has 0 fully saturated rings. The molecule has 0 aliphatic rings. The van der Waals surface area contributed by atoms with E-state index in [1.165, 1.54) is 0 Å². The van der Waals surface area contributed by atoms with Gasteiger partial charge < -0.3 is 10.2 Å². The Bertz CT molecular complexity index is 1260. The van der Waals surface area contributed by atoms with Crippen molar-refractivity contribution >= 4 is 49.1 Å². The monoisotopic (exact) mass is 429 g/mol. The number of nitrogens with one attached hydrogen (secondary N) is 1. The number of anilines is 1. The fourth-order valence-corrected chi connectivity index (χ4v) is 4.90. The van der Waals surface area contributed by atoms with Crippen LogP contribution in [0.3, 0.4) is 0 Å². The molecule has 31 heavy (non-hydrogen) atoms. The summed E-state index contributed by atoms with van der Waals surface area (Å²) in [6, 6.07) is 21.8.